The highest BCUT2D eigenvalue weighted by atomic mass is 16.5. The molecule has 1 atom stereocenters. The summed E-state index contributed by atoms with van der Waals surface area (Å²) in [5, 5.41) is 20.0. The Labute approximate surface area is 208 Å². The molecule has 0 bridgehead atoms. The molecule has 1 aliphatic heterocycles. The number of nitrogens with zero attached hydrogens (tertiary/aromatic N) is 3. The first-order valence-corrected chi connectivity index (χ1v) is 12.0. The van der Waals surface area contributed by atoms with Crippen molar-refractivity contribution in [3.8, 4) is 17.6 Å². The zero-order valence-electron chi connectivity index (χ0n) is 20.0. The monoisotopic (exact) mass is 485 g/mol. The van der Waals surface area contributed by atoms with Crippen LogP contribution >= 0.6 is 0 Å². The second-order valence-corrected chi connectivity index (χ2v) is 9.17. The maximum absolute atomic E-state index is 13.2. The van der Waals surface area contributed by atoms with Crippen LogP contribution in [0.5, 0.6) is 5.75 Å². The van der Waals surface area contributed by atoms with Gasteiger partial charge in [0.15, 0.2) is 0 Å². The van der Waals surface area contributed by atoms with Crippen LogP contribution in [0.15, 0.2) is 48.5 Å². The minimum Gasteiger partial charge on any atom is -0.489 e. The normalized spacial score (nSPS) is 18.4. The Hall–Kier alpha value is -4.16. The van der Waals surface area contributed by atoms with Crippen LogP contribution in [0.2, 0.25) is 0 Å². The Morgan fingerprint density at radius 3 is 2.81 bits per heavy atom. The highest BCUT2D eigenvalue weighted by Crippen LogP contribution is 2.32. The van der Waals surface area contributed by atoms with Crippen molar-refractivity contribution in [2.75, 3.05) is 18.6 Å². The highest BCUT2D eigenvalue weighted by Gasteiger charge is 2.32. The number of benzene rings is 2. The molecule has 2 amide bonds. The number of rotatable bonds is 4. The molecule has 0 spiro atoms. The van der Waals surface area contributed by atoms with Crippen LogP contribution in [0.25, 0.3) is 0 Å². The van der Waals surface area contributed by atoms with Crippen molar-refractivity contribution in [2.45, 2.75) is 43.7 Å². The number of hydrogen-bond donors (Lipinski definition) is 3. The molecular weight excluding hydrogens is 458 g/mol. The van der Waals surface area contributed by atoms with E-state index in [0.29, 0.717) is 42.1 Å². The number of aromatic amines is 1. The molecule has 2 aliphatic rings. The molecule has 1 saturated carbocycles. The zero-order valence-corrected chi connectivity index (χ0v) is 20.0. The predicted octanol–water partition coefficient (Wildman–Crippen LogP) is 2.21. The molecule has 2 aromatic carbocycles. The molecule has 36 heavy (non-hydrogen) atoms. The number of fused-ring (bicyclic) bond motifs is 1. The van der Waals surface area contributed by atoms with Crippen molar-refractivity contribution < 1.29 is 19.4 Å². The Kier molecular flexibility index (Phi) is 6.44. The molecule has 5 rings (SSSR count). The minimum absolute atomic E-state index is 0.0337. The Bertz CT molecular complexity index is 1330. The SMILES string of the molecule is CN1C(=O)[C@H](NC(=O)c2n[nH]c(Cc3ccccc3)n2)COc2ccc(C#CC3(O)CCCC3)cc21. The molecular formula is C27H27N5O4. The number of carbonyl (C=O) groups excluding carboxylic acids is 2. The second-order valence-electron chi connectivity index (χ2n) is 9.17. The molecule has 1 fully saturated rings. The lowest BCUT2D eigenvalue weighted by atomic mass is 10.0. The van der Waals surface area contributed by atoms with Gasteiger partial charge in [-0.1, -0.05) is 42.2 Å². The maximum atomic E-state index is 13.2. The topological polar surface area (TPSA) is 120 Å². The third kappa shape index (κ3) is 5.09. The molecule has 0 radical (unpaired) electrons. The first kappa shape index (κ1) is 23.6. The van der Waals surface area contributed by atoms with Crippen molar-refractivity contribution in [1.82, 2.24) is 20.5 Å². The van der Waals surface area contributed by atoms with Crippen LogP contribution in [0, 0.1) is 11.8 Å². The van der Waals surface area contributed by atoms with Gasteiger partial charge in [0.05, 0.1) is 5.69 Å². The molecule has 184 valence electrons. The van der Waals surface area contributed by atoms with E-state index in [9.17, 15) is 14.7 Å². The van der Waals surface area contributed by atoms with Crippen LogP contribution in [0.1, 0.15) is 53.3 Å². The van der Waals surface area contributed by atoms with Gasteiger partial charge < -0.3 is 20.1 Å². The van der Waals surface area contributed by atoms with E-state index in [1.807, 2.05) is 30.3 Å². The van der Waals surface area contributed by atoms with Gasteiger partial charge in [-0.05, 0) is 49.4 Å². The van der Waals surface area contributed by atoms with Gasteiger partial charge in [-0.2, -0.15) is 0 Å². The van der Waals surface area contributed by atoms with Gasteiger partial charge in [0.25, 0.3) is 11.8 Å². The van der Waals surface area contributed by atoms with Gasteiger partial charge in [0.2, 0.25) is 5.82 Å². The summed E-state index contributed by atoms with van der Waals surface area (Å²) >= 11 is 0. The molecule has 3 aromatic rings. The smallest absolute Gasteiger partial charge is 0.291 e. The highest BCUT2D eigenvalue weighted by molar-refractivity contribution is 6.02. The Morgan fingerprint density at radius 2 is 2.03 bits per heavy atom. The second kappa shape index (κ2) is 9.84. The van der Waals surface area contributed by atoms with Crippen LogP contribution in [0.4, 0.5) is 5.69 Å². The van der Waals surface area contributed by atoms with Crippen molar-refractivity contribution in [3.63, 3.8) is 0 Å². The largest absolute Gasteiger partial charge is 0.489 e. The summed E-state index contributed by atoms with van der Waals surface area (Å²) in [6.45, 7) is -0.0337. The van der Waals surface area contributed by atoms with Crippen molar-refractivity contribution in [1.29, 1.82) is 0 Å². The molecule has 9 heteroatoms. The summed E-state index contributed by atoms with van der Waals surface area (Å²) in [5.41, 5.74) is 1.31. The summed E-state index contributed by atoms with van der Waals surface area (Å²) in [5.74, 6) is 6.14. The van der Waals surface area contributed by atoms with Crippen LogP contribution < -0.4 is 15.0 Å². The van der Waals surface area contributed by atoms with Crippen molar-refractivity contribution in [3.05, 3.63) is 71.3 Å². The summed E-state index contributed by atoms with van der Waals surface area (Å²) < 4.78 is 5.85. The van der Waals surface area contributed by atoms with Crippen LogP contribution in [-0.2, 0) is 11.2 Å². The number of nitrogens with one attached hydrogen (secondary N) is 2. The summed E-state index contributed by atoms with van der Waals surface area (Å²) in [7, 11) is 1.63. The first-order chi connectivity index (χ1) is 17.4. The fraction of sp³-hybridized carbons (Fsp3) is 0.333. The van der Waals surface area contributed by atoms with Crippen molar-refractivity contribution in [2.24, 2.45) is 0 Å². The average molecular weight is 486 g/mol. The third-order valence-electron chi connectivity index (χ3n) is 6.48. The fourth-order valence-corrected chi connectivity index (χ4v) is 4.44. The first-order valence-electron chi connectivity index (χ1n) is 12.0. The van der Waals surface area contributed by atoms with Gasteiger partial charge >= 0.3 is 0 Å². The number of H-pyrrole nitrogens is 1. The van der Waals surface area contributed by atoms with E-state index in [4.69, 9.17) is 4.74 Å². The molecule has 9 nitrogen and oxygen atoms in total. The summed E-state index contributed by atoms with van der Waals surface area (Å²) in [6, 6.07) is 14.1. The molecule has 1 aliphatic carbocycles. The van der Waals surface area contributed by atoms with E-state index >= 15 is 0 Å². The lowest BCUT2D eigenvalue weighted by Gasteiger charge is -2.20. The number of amides is 2. The van der Waals surface area contributed by atoms with E-state index in [-0.39, 0.29) is 18.3 Å². The number of carbonyl (C=O) groups is 2. The minimum atomic E-state index is -0.943. The molecule has 1 aromatic heterocycles. The maximum Gasteiger partial charge on any atom is 0.291 e. The van der Waals surface area contributed by atoms with Crippen LogP contribution in [0.3, 0.4) is 0 Å². The summed E-state index contributed by atoms with van der Waals surface area (Å²) in [4.78, 5) is 31.7. The quantitative estimate of drug-likeness (QED) is 0.488. The zero-order chi connectivity index (χ0) is 25.1. The van der Waals surface area contributed by atoms with Gasteiger partial charge in [0.1, 0.15) is 29.8 Å². The van der Waals surface area contributed by atoms with E-state index < -0.39 is 17.6 Å². The number of aromatic nitrogens is 3. The van der Waals surface area contributed by atoms with E-state index in [1.54, 1.807) is 25.2 Å². The van der Waals surface area contributed by atoms with Gasteiger partial charge in [-0.3, -0.25) is 14.7 Å². The molecule has 2 heterocycles. The average Bonchev–Trinajstić information content (AvgIpc) is 3.52. The number of hydrogen-bond acceptors (Lipinski definition) is 6. The van der Waals surface area contributed by atoms with E-state index in [2.05, 4.69) is 32.3 Å². The lowest BCUT2D eigenvalue weighted by molar-refractivity contribution is -0.120. The number of ether oxygens (including phenoxy) is 1. The van der Waals surface area contributed by atoms with E-state index in [1.165, 1.54) is 4.90 Å². The molecule has 0 unspecified atom stereocenters. The van der Waals surface area contributed by atoms with Crippen LogP contribution in [-0.4, -0.2) is 57.4 Å². The number of likely N-dealkylation sites (N-methyl/N-ethyl adjacent to an activating group) is 1. The third-order valence-corrected chi connectivity index (χ3v) is 6.48. The fourth-order valence-electron chi connectivity index (χ4n) is 4.44. The van der Waals surface area contributed by atoms with Gasteiger partial charge in [-0.25, -0.2) is 4.98 Å². The van der Waals surface area contributed by atoms with E-state index in [0.717, 1.165) is 18.4 Å². The summed E-state index contributed by atoms with van der Waals surface area (Å²) in [6.07, 6.45) is 3.79. The standard InChI is InChI=1S/C27H27N5O4/c1-32-21-15-19(11-14-27(35)12-5-6-13-27)9-10-22(21)36-17-20(26(32)34)28-25(33)24-29-23(30-31-24)16-18-7-3-2-4-8-18/h2-4,7-10,15,20,35H,5-6,12-13,16-17H2,1H3,(H,28,33)(H,29,30,31)/t20-/m1/s1. The Morgan fingerprint density at radius 1 is 1.25 bits per heavy atom. The number of aliphatic hydroxyl groups is 1. The Balaban J connectivity index is 1.27. The van der Waals surface area contributed by atoms with Crippen molar-refractivity contribution >= 4 is 17.5 Å². The van der Waals surface area contributed by atoms with Gasteiger partial charge in [-0.15, -0.1) is 5.10 Å². The number of anilines is 1. The van der Waals surface area contributed by atoms with Gasteiger partial charge in [0, 0.05) is 19.0 Å². The molecule has 0 saturated heterocycles. The predicted molar refractivity (Wildman–Crippen MR) is 133 cm³/mol. The molecule has 3 N–H and O–H groups in total. The lowest BCUT2D eigenvalue weighted by Crippen LogP contribution is -2.49.